The number of halogens is 1. The molecule has 0 unspecified atom stereocenters. The van der Waals surface area contributed by atoms with Gasteiger partial charge in [-0.2, -0.15) is 0 Å². The van der Waals surface area contributed by atoms with Crippen molar-refractivity contribution in [2.24, 2.45) is 0 Å². The molecule has 0 bridgehead atoms. The first-order valence-corrected chi connectivity index (χ1v) is 11.5. The van der Waals surface area contributed by atoms with Crippen molar-refractivity contribution in [1.82, 2.24) is 0 Å². The maximum Gasteiger partial charge on any atom is 0.268 e. The first kappa shape index (κ1) is 24.1. The average molecular weight is 473 g/mol. The van der Waals surface area contributed by atoms with E-state index in [0.717, 1.165) is 4.31 Å². The average Bonchev–Trinajstić information content (AvgIpc) is 2.80. The normalized spacial score (nSPS) is 11.1. The minimum absolute atomic E-state index is 0.0736. The number of hydrogen-bond acceptors (Lipinski definition) is 5. The second kappa shape index (κ2) is 9.91. The van der Waals surface area contributed by atoms with E-state index in [0.29, 0.717) is 16.9 Å². The van der Waals surface area contributed by atoms with Crippen LogP contribution in [0.2, 0.25) is 0 Å². The van der Waals surface area contributed by atoms with Gasteiger partial charge in [0.25, 0.3) is 10.0 Å². The van der Waals surface area contributed by atoms with E-state index in [-0.39, 0.29) is 22.0 Å². The Morgan fingerprint density at radius 3 is 2.30 bits per heavy atom. The number of nitrogens with zero attached hydrogens (tertiary/aromatic N) is 1. The molecule has 0 atom stereocenters. The number of methoxy groups -OCH3 is 2. The second-order valence-electron chi connectivity index (χ2n) is 7.37. The SMILES string of the molecule is COc1ccc(N(CC(=O)Nc2cc(F)ccc2C)S(=O)(=O)c2cc(C)ccc2OC)cc1. The van der Waals surface area contributed by atoms with E-state index in [1.54, 1.807) is 50.2 Å². The number of ether oxygens (including phenoxy) is 2. The zero-order chi connectivity index (χ0) is 24.2. The molecule has 3 aromatic rings. The van der Waals surface area contributed by atoms with Crippen molar-refractivity contribution in [2.45, 2.75) is 18.7 Å². The summed E-state index contributed by atoms with van der Waals surface area (Å²) in [7, 11) is -1.34. The number of sulfonamides is 1. The third kappa shape index (κ3) is 5.43. The molecular formula is C24H25FN2O5S. The summed E-state index contributed by atoms with van der Waals surface area (Å²) >= 11 is 0. The van der Waals surface area contributed by atoms with E-state index >= 15 is 0 Å². The summed E-state index contributed by atoms with van der Waals surface area (Å²) < 4.78 is 52.5. The van der Waals surface area contributed by atoms with Crippen LogP contribution in [0.5, 0.6) is 11.5 Å². The maximum absolute atomic E-state index is 13.7. The number of benzene rings is 3. The lowest BCUT2D eigenvalue weighted by molar-refractivity contribution is -0.114. The summed E-state index contributed by atoms with van der Waals surface area (Å²) in [5.74, 6) is -0.459. The number of carbonyl (C=O) groups is 1. The van der Waals surface area contributed by atoms with Crippen molar-refractivity contribution in [3.8, 4) is 11.5 Å². The molecule has 3 aromatic carbocycles. The van der Waals surface area contributed by atoms with Crippen molar-refractivity contribution in [3.05, 3.63) is 77.6 Å². The molecule has 7 nitrogen and oxygen atoms in total. The molecule has 0 saturated carbocycles. The van der Waals surface area contributed by atoms with Crippen LogP contribution in [-0.2, 0) is 14.8 Å². The number of hydrogen-bond donors (Lipinski definition) is 1. The van der Waals surface area contributed by atoms with Crippen LogP contribution in [0, 0.1) is 19.7 Å². The Morgan fingerprint density at radius 2 is 1.67 bits per heavy atom. The summed E-state index contributed by atoms with van der Waals surface area (Å²) in [5, 5.41) is 2.60. The van der Waals surface area contributed by atoms with Crippen LogP contribution in [0.3, 0.4) is 0 Å². The number of rotatable bonds is 8. The van der Waals surface area contributed by atoms with E-state index in [4.69, 9.17) is 9.47 Å². The van der Waals surface area contributed by atoms with Crippen LogP contribution in [0.15, 0.2) is 65.6 Å². The largest absolute Gasteiger partial charge is 0.497 e. The summed E-state index contributed by atoms with van der Waals surface area (Å²) in [6.07, 6.45) is 0. The summed E-state index contributed by atoms with van der Waals surface area (Å²) in [5.41, 5.74) is 1.87. The molecule has 0 aliphatic rings. The minimum Gasteiger partial charge on any atom is -0.497 e. The smallest absolute Gasteiger partial charge is 0.268 e. The topological polar surface area (TPSA) is 84.9 Å². The lowest BCUT2D eigenvalue weighted by Crippen LogP contribution is -2.38. The van der Waals surface area contributed by atoms with E-state index in [2.05, 4.69) is 5.32 Å². The van der Waals surface area contributed by atoms with Crippen LogP contribution in [-0.4, -0.2) is 35.1 Å². The van der Waals surface area contributed by atoms with Crippen LogP contribution in [0.1, 0.15) is 11.1 Å². The highest BCUT2D eigenvalue weighted by Crippen LogP contribution is 2.31. The molecule has 1 amide bonds. The Labute approximate surface area is 192 Å². The van der Waals surface area contributed by atoms with E-state index in [9.17, 15) is 17.6 Å². The molecule has 174 valence electrons. The summed E-state index contributed by atoms with van der Waals surface area (Å²) in [6, 6.07) is 15.0. The third-order valence-electron chi connectivity index (χ3n) is 5.01. The Balaban J connectivity index is 2.03. The first-order valence-electron chi connectivity index (χ1n) is 10.0. The van der Waals surface area contributed by atoms with Crippen molar-refractivity contribution in [3.63, 3.8) is 0 Å². The number of nitrogens with one attached hydrogen (secondary N) is 1. The van der Waals surface area contributed by atoms with Gasteiger partial charge in [0.05, 0.1) is 19.9 Å². The lowest BCUT2D eigenvalue weighted by Gasteiger charge is -2.25. The zero-order valence-corrected chi connectivity index (χ0v) is 19.6. The fraction of sp³-hybridized carbons (Fsp3) is 0.208. The van der Waals surface area contributed by atoms with Crippen molar-refractivity contribution < 1.29 is 27.1 Å². The molecule has 9 heteroatoms. The van der Waals surface area contributed by atoms with Gasteiger partial charge in [0.15, 0.2) is 0 Å². The molecule has 0 fully saturated rings. The Bertz CT molecular complexity index is 1260. The van der Waals surface area contributed by atoms with Gasteiger partial charge in [0.1, 0.15) is 28.8 Å². The fourth-order valence-electron chi connectivity index (χ4n) is 3.22. The quantitative estimate of drug-likeness (QED) is 0.529. The van der Waals surface area contributed by atoms with Gasteiger partial charge in [-0.15, -0.1) is 0 Å². The molecule has 0 saturated heterocycles. The Hall–Kier alpha value is -3.59. The van der Waals surface area contributed by atoms with E-state index in [1.807, 2.05) is 0 Å². The van der Waals surface area contributed by atoms with Gasteiger partial charge in [-0.25, -0.2) is 12.8 Å². The Morgan fingerprint density at radius 1 is 0.970 bits per heavy atom. The molecule has 0 aliphatic heterocycles. The Kier molecular flexibility index (Phi) is 7.23. The molecule has 3 rings (SSSR count). The standard InChI is InChI=1S/C24H25FN2O5S/c1-16-5-12-22(32-4)23(13-16)33(29,30)27(19-8-10-20(31-3)11-9-19)15-24(28)26-21-14-18(25)7-6-17(21)2/h5-14H,15H2,1-4H3,(H,26,28). The fourth-order valence-corrected chi connectivity index (χ4v) is 4.88. The number of aryl methyl sites for hydroxylation is 2. The second-order valence-corrected chi connectivity index (χ2v) is 9.20. The zero-order valence-electron chi connectivity index (χ0n) is 18.8. The van der Waals surface area contributed by atoms with Crippen molar-refractivity contribution >= 4 is 27.3 Å². The predicted molar refractivity (Wildman–Crippen MR) is 125 cm³/mol. The molecule has 0 heterocycles. The van der Waals surface area contributed by atoms with Crippen molar-refractivity contribution in [2.75, 3.05) is 30.4 Å². The molecule has 0 radical (unpaired) electrons. The number of amides is 1. The lowest BCUT2D eigenvalue weighted by atomic mass is 10.2. The molecule has 1 N–H and O–H groups in total. The highest BCUT2D eigenvalue weighted by molar-refractivity contribution is 7.93. The van der Waals surface area contributed by atoms with Gasteiger partial charge in [0.2, 0.25) is 5.91 Å². The number of anilines is 2. The summed E-state index contributed by atoms with van der Waals surface area (Å²) in [4.78, 5) is 12.8. The van der Waals surface area contributed by atoms with E-state index in [1.165, 1.54) is 38.5 Å². The number of carbonyl (C=O) groups excluding carboxylic acids is 1. The van der Waals surface area contributed by atoms with Crippen LogP contribution in [0.25, 0.3) is 0 Å². The first-order chi connectivity index (χ1) is 15.6. The molecular weight excluding hydrogens is 447 g/mol. The molecule has 0 spiro atoms. The monoisotopic (exact) mass is 472 g/mol. The van der Waals surface area contributed by atoms with Crippen LogP contribution < -0.4 is 19.1 Å². The molecule has 33 heavy (non-hydrogen) atoms. The van der Waals surface area contributed by atoms with Gasteiger partial charge < -0.3 is 14.8 Å². The molecule has 0 aliphatic carbocycles. The highest BCUT2D eigenvalue weighted by atomic mass is 32.2. The third-order valence-corrected chi connectivity index (χ3v) is 6.80. The highest BCUT2D eigenvalue weighted by Gasteiger charge is 2.30. The van der Waals surface area contributed by atoms with Gasteiger partial charge in [0, 0.05) is 5.69 Å². The maximum atomic E-state index is 13.7. The predicted octanol–water partition coefficient (Wildman–Crippen LogP) is 4.29. The van der Waals surface area contributed by atoms with E-state index < -0.39 is 28.3 Å². The molecule has 0 aromatic heterocycles. The van der Waals surface area contributed by atoms with Crippen molar-refractivity contribution in [1.29, 1.82) is 0 Å². The van der Waals surface area contributed by atoms with Crippen LogP contribution in [0.4, 0.5) is 15.8 Å². The van der Waals surface area contributed by atoms with Crippen LogP contribution >= 0.6 is 0 Å². The van der Waals surface area contributed by atoms with Gasteiger partial charge in [-0.1, -0.05) is 12.1 Å². The minimum atomic E-state index is -4.21. The van der Waals surface area contributed by atoms with Gasteiger partial charge >= 0.3 is 0 Å². The summed E-state index contributed by atoms with van der Waals surface area (Å²) in [6.45, 7) is 2.93. The van der Waals surface area contributed by atoms with Gasteiger partial charge in [-0.3, -0.25) is 9.10 Å². The van der Waals surface area contributed by atoms with Gasteiger partial charge in [-0.05, 0) is 73.5 Å².